The second-order valence-corrected chi connectivity index (χ2v) is 6.09. The number of halogens is 5. The number of fused-ring (bicyclic) bond motifs is 1. The Hall–Kier alpha value is -3.80. The van der Waals surface area contributed by atoms with Crippen LogP contribution in [-0.4, -0.2) is 14.4 Å². The van der Waals surface area contributed by atoms with Gasteiger partial charge in [-0.2, -0.15) is 18.4 Å². The van der Waals surface area contributed by atoms with Gasteiger partial charge in [-0.05, 0) is 36.4 Å². The van der Waals surface area contributed by atoms with Crippen molar-refractivity contribution in [3.8, 4) is 28.5 Å². The quantitative estimate of drug-likeness (QED) is 0.433. The van der Waals surface area contributed by atoms with E-state index in [4.69, 9.17) is 0 Å². The van der Waals surface area contributed by atoms with Gasteiger partial charge in [-0.3, -0.25) is 4.40 Å². The number of nitrogens with zero attached hydrogens (tertiary/aromatic N) is 4. The molecule has 4 nitrogen and oxygen atoms in total. The third-order valence-electron chi connectivity index (χ3n) is 4.34. The Labute approximate surface area is 160 Å². The minimum atomic E-state index is -4.62. The van der Waals surface area contributed by atoms with Gasteiger partial charge < -0.3 is 0 Å². The van der Waals surface area contributed by atoms with Crippen LogP contribution in [0.15, 0.2) is 54.9 Å². The number of alkyl halides is 3. The summed E-state index contributed by atoms with van der Waals surface area (Å²) in [5, 5.41) is 9.23. The molecular formula is C20H9F5N4. The van der Waals surface area contributed by atoms with Crippen LogP contribution >= 0.6 is 0 Å². The number of benzene rings is 2. The lowest BCUT2D eigenvalue weighted by Gasteiger charge is -2.10. The van der Waals surface area contributed by atoms with Crippen LogP contribution in [-0.2, 0) is 6.18 Å². The molecule has 0 fully saturated rings. The topological polar surface area (TPSA) is 54.0 Å². The normalized spacial score (nSPS) is 11.6. The summed E-state index contributed by atoms with van der Waals surface area (Å²) in [7, 11) is 0. The van der Waals surface area contributed by atoms with Crippen molar-refractivity contribution in [1.82, 2.24) is 14.4 Å². The average Bonchev–Trinajstić information content (AvgIpc) is 3.11. The SMILES string of the molecule is N#Cc1cccc(F)c1-c1cc(-c2cnc3nc(C(F)(F)F)ccn23)ccc1F. The van der Waals surface area contributed by atoms with Gasteiger partial charge in [-0.1, -0.05) is 6.07 Å². The van der Waals surface area contributed by atoms with Gasteiger partial charge in [0, 0.05) is 22.9 Å². The van der Waals surface area contributed by atoms with E-state index < -0.39 is 23.5 Å². The van der Waals surface area contributed by atoms with E-state index in [1.54, 1.807) is 0 Å². The lowest BCUT2D eigenvalue weighted by atomic mass is 9.97. The van der Waals surface area contributed by atoms with Gasteiger partial charge in [0.05, 0.1) is 23.5 Å². The van der Waals surface area contributed by atoms with Gasteiger partial charge in [0.25, 0.3) is 0 Å². The number of imidazole rings is 1. The van der Waals surface area contributed by atoms with Gasteiger partial charge in [0.15, 0.2) is 0 Å². The third kappa shape index (κ3) is 3.18. The molecule has 0 N–H and O–H groups in total. The van der Waals surface area contributed by atoms with Gasteiger partial charge in [0.1, 0.15) is 17.3 Å². The van der Waals surface area contributed by atoms with Crippen LogP contribution in [0.4, 0.5) is 22.0 Å². The van der Waals surface area contributed by atoms with E-state index in [1.165, 1.54) is 34.9 Å². The summed E-state index contributed by atoms with van der Waals surface area (Å²) in [4.78, 5) is 7.36. The van der Waals surface area contributed by atoms with Crippen molar-refractivity contribution in [2.24, 2.45) is 0 Å². The molecule has 0 amide bonds. The highest BCUT2D eigenvalue weighted by atomic mass is 19.4. The summed E-state index contributed by atoms with van der Waals surface area (Å²) in [5.74, 6) is -1.71. The molecule has 2 aromatic heterocycles. The Morgan fingerprint density at radius 2 is 1.79 bits per heavy atom. The van der Waals surface area contributed by atoms with Gasteiger partial charge in [0.2, 0.25) is 5.78 Å². The molecule has 0 bridgehead atoms. The molecule has 144 valence electrons. The summed E-state index contributed by atoms with van der Waals surface area (Å²) in [6.07, 6.45) is -2.18. The third-order valence-corrected chi connectivity index (χ3v) is 4.34. The number of aromatic nitrogens is 3. The molecule has 0 spiro atoms. The van der Waals surface area contributed by atoms with Crippen LogP contribution in [0.5, 0.6) is 0 Å². The van der Waals surface area contributed by atoms with Crippen LogP contribution in [0.3, 0.4) is 0 Å². The van der Waals surface area contributed by atoms with Crippen LogP contribution in [0, 0.1) is 23.0 Å². The van der Waals surface area contributed by atoms with Crippen molar-refractivity contribution in [2.75, 3.05) is 0 Å². The van der Waals surface area contributed by atoms with E-state index in [2.05, 4.69) is 9.97 Å². The van der Waals surface area contributed by atoms with E-state index in [9.17, 15) is 27.2 Å². The largest absolute Gasteiger partial charge is 0.433 e. The smallest absolute Gasteiger partial charge is 0.284 e. The Bertz CT molecular complexity index is 1280. The second kappa shape index (κ2) is 6.67. The van der Waals surface area contributed by atoms with Crippen molar-refractivity contribution in [1.29, 1.82) is 5.26 Å². The maximum Gasteiger partial charge on any atom is 0.433 e. The van der Waals surface area contributed by atoms with Crippen LogP contribution < -0.4 is 0 Å². The first-order valence-corrected chi connectivity index (χ1v) is 8.20. The first kappa shape index (κ1) is 18.6. The fourth-order valence-electron chi connectivity index (χ4n) is 3.01. The molecule has 0 aliphatic carbocycles. The zero-order chi connectivity index (χ0) is 20.8. The summed E-state index contributed by atoms with van der Waals surface area (Å²) >= 11 is 0. The summed E-state index contributed by atoms with van der Waals surface area (Å²) in [5.41, 5.74) is -0.782. The van der Waals surface area contributed by atoms with Gasteiger partial charge in [-0.25, -0.2) is 18.7 Å². The number of rotatable bonds is 2. The predicted octanol–water partition coefficient (Wildman–Crippen LogP) is 5.23. The summed E-state index contributed by atoms with van der Waals surface area (Å²) in [6, 6.07) is 10.2. The minimum Gasteiger partial charge on any atom is -0.284 e. The highest BCUT2D eigenvalue weighted by molar-refractivity contribution is 5.76. The van der Waals surface area contributed by atoms with E-state index in [0.717, 1.165) is 24.4 Å². The average molecular weight is 400 g/mol. The van der Waals surface area contributed by atoms with Crippen LogP contribution in [0.1, 0.15) is 11.3 Å². The zero-order valence-electron chi connectivity index (χ0n) is 14.4. The molecule has 0 aliphatic heterocycles. The first-order valence-electron chi connectivity index (χ1n) is 8.20. The van der Waals surface area contributed by atoms with Gasteiger partial charge in [-0.15, -0.1) is 0 Å². The maximum atomic E-state index is 14.5. The molecule has 0 saturated carbocycles. The molecule has 29 heavy (non-hydrogen) atoms. The van der Waals surface area contributed by atoms with Crippen molar-refractivity contribution in [3.63, 3.8) is 0 Å². The van der Waals surface area contributed by atoms with Crippen LogP contribution in [0.25, 0.3) is 28.2 Å². The van der Waals surface area contributed by atoms with E-state index >= 15 is 0 Å². The summed E-state index contributed by atoms with van der Waals surface area (Å²) < 4.78 is 68.6. The Morgan fingerprint density at radius 1 is 1.00 bits per heavy atom. The van der Waals surface area contributed by atoms with Crippen molar-refractivity contribution in [3.05, 3.63) is 77.8 Å². The second-order valence-electron chi connectivity index (χ2n) is 6.09. The number of hydrogen-bond donors (Lipinski definition) is 0. The molecule has 0 atom stereocenters. The zero-order valence-corrected chi connectivity index (χ0v) is 14.4. The molecule has 4 aromatic rings. The monoisotopic (exact) mass is 400 g/mol. The molecule has 0 aliphatic rings. The van der Waals surface area contributed by atoms with Crippen molar-refractivity contribution >= 4 is 5.78 Å². The van der Waals surface area contributed by atoms with E-state index in [1.807, 2.05) is 6.07 Å². The molecule has 4 rings (SSSR count). The summed E-state index contributed by atoms with van der Waals surface area (Å²) in [6.45, 7) is 0. The Kier molecular flexibility index (Phi) is 4.27. The molecule has 2 aromatic carbocycles. The molecular weight excluding hydrogens is 391 g/mol. The Morgan fingerprint density at radius 3 is 2.52 bits per heavy atom. The predicted molar refractivity (Wildman–Crippen MR) is 93.5 cm³/mol. The lowest BCUT2D eigenvalue weighted by Crippen LogP contribution is -2.09. The van der Waals surface area contributed by atoms with Crippen LogP contribution in [0.2, 0.25) is 0 Å². The fourth-order valence-corrected chi connectivity index (χ4v) is 3.01. The first-order chi connectivity index (χ1) is 13.8. The van der Waals surface area contributed by atoms with Gasteiger partial charge >= 0.3 is 6.18 Å². The van der Waals surface area contributed by atoms with E-state index in [0.29, 0.717) is 11.3 Å². The highest BCUT2D eigenvalue weighted by Crippen LogP contribution is 2.33. The molecule has 0 unspecified atom stereocenters. The van der Waals surface area contributed by atoms with Crippen molar-refractivity contribution < 1.29 is 22.0 Å². The maximum absolute atomic E-state index is 14.5. The lowest BCUT2D eigenvalue weighted by molar-refractivity contribution is -0.141. The molecule has 9 heteroatoms. The molecule has 0 saturated heterocycles. The highest BCUT2D eigenvalue weighted by Gasteiger charge is 2.33. The number of nitriles is 1. The van der Waals surface area contributed by atoms with E-state index in [-0.39, 0.29) is 22.5 Å². The molecule has 0 radical (unpaired) electrons. The standard InChI is InChI=1S/C20H9F5N4/c21-14-5-4-11(8-13(14)18-12(9-26)2-1-3-15(18)22)16-10-27-19-28-17(20(23,24)25)6-7-29(16)19/h1-8,10H. The minimum absolute atomic E-state index is 0.0457. The van der Waals surface area contributed by atoms with Crippen molar-refractivity contribution in [2.45, 2.75) is 6.18 Å². The number of hydrogen-bond acceptors (Lipinski definition) is 3. The molecule has 2 heterocycles. The Balaban J connectivity index is 1.89. The fraction of sp³-hybridized carbons (Fsp3) is 0.0500.